The molecule has 1 aromatic heterocycles. The predicted octanol–water partition coefficient (Wildman–Crippen LogP) is 2.53. The predicted molar refractivity (Wildman–Crippen MR) is 100 cm³/mol. The number of nitro groups is 1. The minimum Gasteiger partial charge on any atom is -0.493 e. The fourth-order valence-corrected chi connectivity index (χ4v) is 2.25. The third kappa shape index (κ3) is 5.04. The zero-order valence-electron chi connectivity index (χ0n) is 15.0. The molecule has 0 aliphatic carbocycles. The molecule has 0 spiro atoms. The van der Waals surface area contributed by atoms with Crippen molar-refractivity contribution in [3.8, 4) is 17.2 Å². The number of benzene rings is 2. The van der Waals surface area contributed by atoms with Crippen LogP contribution in [0, 0.1) is 10.1 Å². The summed E-state index contributed by atoms with van der Waals surface area (Å²) in [5, 5.41) is 22.1. The number of nitro benzene ring substituents is 1. The van der Waals surface area contributed by atoms with Crippen molar-refractivity contribution in [2.24, 2.45) is 5.10 Å². The summed E-state index contributed by atoms with van der Waals surface area (Å²) < 4.78 is 18.0. The first-order chi connectivity index (χ1) is 13.7. The number of rotatable bonds is 9. The molecule has 0 atom stereocenters. The molecule has 0 radical (unpaired) electrons. The normalized spacial score (nSPS) is 10.8. The zero-order chi connectivity index (χ0) is 19.8. The minimum absolute atomic E-state index is 0.0151. The molecule has 144 valence electrons. The van der Waals surface area contributed by atoms with Gasteiger partial charge in [-0.3, -0.25) is 10.1 Å². The van der Waals surface area contributed by atoms with E-state index in [1.807, 2.05) is 6.07 Å². The summed E-state index contributed by atoms with van der Waals surface area (Å²) in [5.41, 5.74) is 0.835. The summed E-state index contributed by atoms with van der Waals surface area (Å²) in [4.78, 5) is 10.2. The van der Waals surface area contributed by atoms with Crippen molar-refractivity contribution in [1.82, 2.24) is 14.9 Å². The first-order valence-electron chi connectivity index (χ1n) is 8.23. The van der Waals surface area contributed by atoms with E-state index in [0.29, 0.717) is 17.2 Å². The highest BCUT2D eigenvalue weighted by Crippen LogP contribution is 2.27. The summed E-state index contributed by atoms with van der Waals surface area (Å²) in [6.45, 7) is 0.555. The molecular formula is C18H17N5O5. The van der Waals surface area contributed by atoms with E-state index in [-0.39, 0.29) is 18.9 Å². The van der Waals surface area contributed by atoms with Gasteiger partial charge in [0.25, 0.3) is 5.69 Å². The monoisotopic (exact) mass is 383 g/mol. The van der Waals surface area contributed by atoms with Crippen LogP contribution < -0.4 is 14.2 Å². The van der Waals surface area contributed by atoms with E-state index in [2.05, 4.69) is 15.3 Å². The molecule has 0 aliphatic heterocycles. The van der Waals surface area contributed by atoms with Crippen molar-refractivity contribution in [2.45, 2.75) is 0 Å². The molecule has 3 rings (SSSR count). The average Bonchev–Trinajstić information content (AvgIpc) is 3.24. The summed E-state index contributed by atoms with van der Waals surface area (Å²) in [5.74, 6) is 1.65. The Labute approximate surface area is 160 Å². The van der Waals surface area contributed by atoms with Crippen LogP contribution in [0.4, 0.5) is 5.69 Å². The molecule has 0 N–H and O–H groups in total. The van der Waals surface area contributed by atoms with Gasteiger partial charge in [0.05, 0.1) is 18.2 Å². The maximum atomic E-state index is 10.6. The fourth-order valence-electron chi connectivity index (χ4n) is 2.25. The maximum Gasteiger partial charge on any atom is 0.269 e. The number of nitrogens with zero attached hydrogens (tertiary/aromatic N) is 5. The average molecular weight is 383 g/mol. The first-order valence-corrected chi connectivity index (χ1v) is 8.23. The van der Waals surface area contributed by atoms with E-state index >= 15 is 0 Å². The van der Waals surface area contributed by atoms with E-state index in [1.165, 1.54) is 29.5 Å². The summed E-state index contributed by atoms with van der Waals surface area (Å²) >= 11 is 0. The molecular weight excluding hydrogens is 366 g/mol. The van der Waals surface area contributed by atoms with Crippen molar-refractivity contribution < 1.29 is 19.1 Å². The van der Waals surface area contributed by atoms with Gasteiger partial charge in [-0.25, -0.2) is 4.68 Å². The van der Waals surface area contributed by atoms with Crippen LogP contribution in [0.1, 0.15) is 5.56 Å². The Kier molecular flexibility index (Phi) is 6.13. The van der Waals surface area contributed by atoms with Crippen LogP contribution in [0.3, 0.4) is 0 Å². The van der Waals surface area contributed by atoms with Gasteiger partial charge < -0.3 is 14.2 Å². The Bertz CT molecular complexity index is 942. The van der Waals surface area contributed by atoms with E-state index in [4.69, 9.17) is 14.2 Å². The molecule has 0 fully saturated rings. The smallest absolute Gasteiger partial charge is 0.269 e. The number of methoxy groups -OCH3 is 1. The van der Waals surface area contributed by atoms with Crippen LogP contribution in [0.2, 0.25) is 0 Å². The van der Waals surface area contributed by atoms with E-state index in [1.54, 1.807) is 37.6 Å². The lowest BCUT2D eigenvalue weighted by atomic mass is 10.2. The number of hydrogen-bond donors (Lipinski definition) is 0. The van der Waals surface area contributed by atoms with Gasteiger partial charge in [0, 0.05) is 12.1 Å². The highest BCUT2D eigenvalue weighted by Gasteiger charge is 2.07. The highest BCUT2D eigenvalue weighted by molar-refractivity contribution is 5.80. The van der Waals surface area contributed by atoms with E-state index in [9.17, 15) is 10.1 Å². The summed E-state index contributed by atoms with van der Waals surface area (Å²) in [7, 11) is 1.55. The topological polar surface area (TPSA) is 114 Å². The molecule has 0 aliphatic rings. The van der Waals surface area contributed by atoms with Gasteiger partial charge in [0.2, 0.25) is 0 Å². The van der Waals surface area contributed by atoms with Gasteiger partial charge in [0.1, 0.15) is 31.6 Å². The Morgan fingerprint density at radius 1 is 1.07 bits per heavy atom. The number of non-ortho nitro benzene ring substituents is 1. The first kappa shape index (κ1) is 18.8. The lowest BCUT2D eigenvalue weighted by molar-refractivity contribution is -0.384. The Balaban J connectivity index is 1.53. The molecule has 28 heavy (non-hydrogen) atoms. The number of ether oxygens (including phenoxy) is 3. The van der Waals surface area contributed by atoms with E-state index < -0.39 is 4.92 Å². The second kappa shape index (κ2) is 9.12. The van der Waals surface area contributed by atoms with Gasteiger partial charge >= 0.3 is 0 Å². The van der Waals surface area contributed by atoms with Crippen LogP contribution in [-0.4, -0.2) is 46.3 Å². The number of hydrogen-bond acceptors (Lipinski definition) is 8. The SMILES string of the molecule is COc1cc(/C=N/n2cnnc2)ccc1OCCOc1ccc([N+](=O)[O-])cc1. The van der Waals surface area contributed by atoms with Gasteiger partial charge in [-0.15, -0.1) is 10.2 Å². The molecule has 10 heteroatoms. The van der Waals surface area contributed by atoms with Crippen LogP contribution in [0.5, 0.6) is 17.2 Å². The largest absolute Gasteiger partial charge is 0.493 e. The van der Waals surface area contributed by atoms with Gasteiger partial charge in [-0.1, -0.05) is 0 Å². The summed E-state index contributed by atoms with van der Waals surface area (Å²) in [6.07, 6.45) is 4.61. The quantitative estimate of drug-likeness (QED) is 0.241. The third-order valence-corrected chi connectivity index (χ3v) is 3.59. The maximum absolute atomic E-state index is 10.6. The Morgan fingerprint density at radius 3 is 2.46 bits per heavy atom. The van der Waals surface area contributed by atoms with Gasteiger partial charge in [0.15, 0.2) is 11.5 Å². The standard InChI is InChI=1S/C18H17N5O5/c1-26-18-10-14(11-21-22-12-19-20-13-22)2-7-17(18)28-9-8-27-16-5-3-15(4-6-16)23(24)25/h2-7,10-13H,8-9H2,1H3/b21-11+. The minimum atomic E-state index is -0.458. The zero-order valence-corrected chi connectivity index (χ0v) is 15.0. The van der Waals surface area contributed by atoms with Crippen LogP contribution in [0.25, 0.3) is 0 Å². The number of aromatic nitrogens is 3. The van der Waals surface area contributed by atoms with Crippen LogP contribution in [-0.2, 0) is 0 Å². The molecule has 2 aromatic carbocycles. The lowest BCUT2D eigenvalue weighted by Gasteiger charge is -2.12. The van der Waals surface area contributed by atoms with Crippen molar-refractivity contribution >= 4 is 11.9 Å². The summed E-state index contributed by atoms with van der Waals surface area (Å²) in [6, 6.07) is 11.3. The van der Waals surface area contributed by atoms with Crippen LogP contribution in [0.15, 0.2) is 60.2 Å². The van der Waals surface area contributed by atoms with Crippen molar-refractivity contribution in [2.75, 3.05) is 20.3 Å². The van der Waals surface area contributed by atoms with Crippen molar-refractivity contribution in [1.29, 1.82) is 0 Å². The van der Waals surface area contributed by atoms with E-state index in [0.717, 1.165) is 5.56 Å². The molecule has 0 saturated heterocycles. The lowest BCUT2D eigenvalue weighted by Crippen LogP contribution is -2.09. The Morgan fingerprint density at radius 2 is 1.79 bits per heavy atom. The Hall–Kier alpha value is -3.95. The second-order valence-electron chi connectivity index (χ2n) is 5.44. The molecule has 10 nitrogen and oxygen atoms in total. The second-order valence-corrected chi connectivity index (χ2v) is 5.44. The molecule has 0 amide bonds. The molecule has 1 heterocycles. The fraction of sp³-hybridized carbons (Fsp3) is 0.167. The molecule has 0 saturated carbocycles. The van der Waals surface area contributed by atoms with Gasteiger partial charge in [-0.05, 0) is 35.9 Å². The highest BCUT2D eigenvalue weighted by atomic mass is 16.6. The molecule has 0 bridgehead atoms. The molecule has 3 aromatic rings. The molecule has 0 unspecified atom stereocenters. The third-order valence-electron chi connectivity index (χ3n) is 3.59. The van der Waals surface area contributed by atoms with Gasteiger partial charge in [-0.2, -0.15) is 5.10 Å². The van der Waals surface area contributed by atoms with Crippen molar-refractivity contribution in [3.63, 3.8) is 0 Å². The van der Waals surface area contributed by atoms with Crippen LogP contribution >= 0.6 is 0 Å². The van der Waals surface area contributed by atoms with Crippen molar-refractivity contribution in [3.05, 3.63) is 70.8 Å².